The van der Waals surface area contributed by atoms with E-state index in [2.05, 4.69) is 37.2 Å². The van der Waals surface area contributed by atoms with Crippen molar-refractivity contribution in [3.05, 3.63) is 278 Å². The predicted molar refractivity (Wildman–Crippen MR) is 401 cm³/mol. The van der Waals surface area contributed by atoms with Crippen molar-refractivity contribution in [3.8, 4) is 0 Å². The largest absolute Gasteiger partial charge is 0.445 e. The third kappa shape index (κ3) is 28.1. The molecule has 8 heterocycles. The number of nitrogens with zero attached hydrogens (tertiary/aromatic N) is 6. The van der Waals surface area contributed by atoms with Crippen LogP contribution in [0.5, 0.6) is 0 Å². The molecule has 6 saturated heterocycles. The van der Waals surface area contributed by atoms with Crippen molar-refractivity contribution in [3.63, 3.8) is 0 Å². The lowest BCUT2D eigenvalue weighted by Gasteiger charge is -2.16. The molecular weight excluding hydrogens is 1390 g/mol. The van der Waals surface area contributed by atoms with Crippen molar-refractivity contribution in [2.24, 2.45) is 23.7 Å². The van der Waals surface area contributed by atoms with E-state index >= 15 is 0 Å². The number of β-amino-alcohol motifs (C(OH)–C–C–N with tert-alkyl or cyclic N) is 2. The standard InChI is InChI=1S/C14H16FNO2.2C14H17NO3.C13H14FNO3.C12H13NO3.C12H13NO2.C4H7N/c1-2-12-8-16(9-13(12)15)14(17)18-10-11-6-4-3-5-7-11;2*1-2-12-8-15(9-13(12)16)14(17)18-10-11-6-4-3-5-7-11;14-12-7-15(6-11(12)8-16)13(17)18-9-10-4-2-1-3-5-10;14-12(13-6-10-11(7-13)16-10)15-8-9-4-2-1-3-5-9;14-12(13-8-4-5-9-13)15-10-11-6-2-1-3-7-11;1-2-4-5-3-1/h2-7,12-13H,1,8-10H2;2*2-7,12-13,16H,1,8-10H2;1-5,8,11-12H,6-7,9H2;1-5,10-11H,6-8H2;1-7H,8-10H2;1-2,5H,3-4H2/t12-,13+;2*12-,13-;11-,12-;;;/m1110.../s1. The number of benzene rings is 6. The molecule has 574 valence electrons. The SMILES string of the molecule is C1=CCNC1.C=C[C@@H]1CN(C(=O)OCc2ccccc2)C[C@@H]1F.C=C[C@@H]1CN(C(=O)OCc2ccccc2)C[C@H]1O.C=C[C@@H]1CN(C(=O)OCc2ccccc2)C[C@H]1O.O=C(OCc1ccccc1)N1CC2OC2C1.O=C(OCc1ccccc1)N1CC=CC1.O=C[C@@H]1CN(C(=O)OCc2ccccc2)C[C@@H]1F. The van der Waals surface area contributed by atoms with Gasteiger partial charge in [-0.05, 0) is 33.4 Å². The van der Waals surface area contributed by atoms with Crippen LogP contribution in [0.1, 0.15) is 33.4 Å². The molecular formula is C83H97F2N7O16. The van der Waals surface area contributed by atoms with Gasteiger partial charge in [0.25, 0.3) is 0 Å². The molecule has 3 N–H and O–H groups in total. The number of hydrogen-bond acceptors (Lipinski definition) is 17. The minimum Gasteiger partial charge on any atom is -0.445 e. The number of carbonyl (C=O) groups excluding carboxylic acids is 7. The number of aldehydes is 1. The zero-order chi connectivity index (χ0) is 76.8. The molecule has 14 rings (SSSR count). The first-order valence-electron chi connectivity index (χ1n) is 35.9. The summed E-state index contributed by atoms with van der Waals surface area (Å²) in [6, 6.07) is 57.0. The van der Waals surface area contributed by atoms with Crippen molar-refractivity contribution in [2.75, 3.05) is 91.6 Å². The molecule has 0 aliphatic carbocycles. The average molecular weight is 1490 g/mol. The number of fused-ring (bicyclic) bond motifs is 1. The number of ether oxygens (including phenoxy) is 7. The number of morpholine rings is 1. The van der Waals surface area contributed by atoms with Gasteiger partial charge in [0.15, 0.2) is 0 Å². The number of epoxide rings is 1. The van der Waals surface area contributed by atoms with E-state index in [9.17, 15) is 52.6 Å². The van der Waals surface area contributed by atoms with Crippen LogP contribution in [0.3, 0.4) is 0 Å². The molecule has 0 bridgehead atoms. The van der Waals surface area contributed by atoms with Crippen molar-refractivity contribution in [1.29, 1.82) is 0 Å². The molecule has 0 radical (unpaired) electrons. The van der Waals surface area contributed by atoms with Crippen LogP contribution in [0.2, 0.25) is 0 Å². The normalized spacial score (nSPS) is 22.1. The summed E-state index contributed by atoms with van der Waals surface area (Å²) in [4.78, 5) is 89.6. The fourth-order valence-corrected chi connectivity index (χ4v) is 11.7. The molecule has 23 nitrogen and oxygen atoms in total. The van der Waals surface area contributed by atoms with Crippen molar-refractivity contribution >= 4 is 42.8 Å². The summed E-state index contributed by atoms with van der Waals surface area (Å²) in [5.41, 5.74) is 5.71. The van der Waals surface area contributed by atoms with Gasteiger partial charge in [0.05, 0.1) is 57.4 Å². The molecule has 0 saturated carbocycles. The maximum absolute atomic E-state index is 13.4. The number of likely N-dealkylation sites (tertiary alicyclic amines) is 5. The number of carbonyl (C=O) groups is 7. The van der Waals surface area contributed by atoms with Gasteiger partial charge in [-0.1, -0.05) is 225 Å². The second-order valence-electron chi connectivity index (χ2n) is 26.2. The number of nitrogens with one attached hydrogen (secondary N) is 1. The van der Waals surface area contributed by atoms with Gasteiger partial charge >= 0.3 is 36.6 Å². The zero-order valence-electron chi connectivity index (χ0n) is 60.5. The Kier molecular flexibility index (Phi) is 34.3. The van der Waals surface area contributed by atoms with Gasteiger partial charge < -0.3 is 82.9 Å². The Labute approximate surface area is 629 Å². The number of aliphatic hydroxyl groups is 2. The Morgan fingerprint density at radius 2 is 0.611 bits per heavy atom. The lowest BCUT2D eigenvalue weighted by atomic mass is 10.1. The van der Waals surface area contributed by atoms with Crippen molar-refractivity contribution < 1.29 is 85.7 Å². The summed E-state index contributed by atoms with van der Waals surface area (Å²) in [6.07, 6.45) is 8.47. The number of aliphatic hydroxyl groups excluding tert-OH is 2. The van der Waals surface area contributed by atoms with Crippen LogP contribution in [0.15, 0.2) is 244 Å². The molecule has 6 fully saturated rings. The molecule has 25 heteroatoms. The first-order valence-corrected chi connectivity index (χ1v) is 35.9. The van der Waals surface area contributed by atoms with Crippen LogP contribution < -0.4 is 5.32 Å². The summed E-state index contributed by atoms with van der Waals surface area (Å²) in [5, 5.41) is 22.5. The van der Waals surface area contributed by atoms with Gasteiger partial charge in [-0.2, -0.15) is 0 Å². The highest BCUT2D eigenvalue weighted by molar-refractivity contribution is 5.71. The molecule has 0 aromatic heterocycles. The highest BCUT2D eigenvalue weighted by Gasteiger charge is 2.49. The zero-order valence-corrected chi connectivity index (χ0v) is 60.5. The molecule has 6 aromatic rings. The van der Waals surface area contributed by atoms with E-state index < -0.39 is 42.7 Å². The summed E-state index contributed by atoms with van der Waals surface area (Å²) in [6.45, 7) is 19.2. The highest BCUT2D eigenvalue weighted by Crippen LogP contribution is 2.31. The molecule has 10 atom stereocenters. The second-order valence-corrected chi connectivity index (χ2v) is 26.2. The number of alkyl halides is 2. The Balaban J connectivity index is 0.000000161. The molecule has 0 spiro atoms. The molecule has 6 aromatic carbocycles. The predicted octanol–water partition coefficient (Wildman–Crippen LogP) is 11.9. The van der Waals surface area contributed by atoms with Crippen LogP contribution in [0.25, 0.3) is 0 Å². The summed E-state index contributed by atoms with van der Waals surface area (Å²) >= 11 is 0. The van der Waals surface area contributed by atoms with Gasteiger partial charge in [-0.15, -0.1) is 19.7 Å². The molecule has 8 aliphatic rings. The fourth-order valence-electron chi connectivity index (χ4n) is 11.7. The lowest BCUT2D eigenvalue weighted by Crippen LogP contribution is -2.32. The number of amides is 6. The highest BCUT2D eigenvalue weighted by atomic mass is 19.1. The van der Waals surface area contributed by atoms with E-state index in [4.69, 9.17) is 33.2 Å². The topological polar surface area (TPSA) is 259 Å². The third-order valence-corrected chi connectivity index (χ3v) is 18.1. The van der Waals surface area contributed by atoms with E-state index in [0.717, 1.165) is 46.5 Å². The monoisotopic (exact) mass is 1490 g/mol. The number of rotatable bonds is 16. The summed E-state index contributed by atoms with van der Waals surface area (Å²) in [7, 11) is 0. The van der Waals surface area contributed by atoms with Crippen LogP contribution in [-0.4, -0.2) is 211 Å². The first-order chi connectivity index (χ1) is 52.5. The smallest absolute Gasteiger partial charge is 0.410 e. The maximum atomic E-state index is 13.4. The Hall–Kier alpha value is -11.0. The molecule has 6 amide bonds. The van der Waals surface area contributed by atoms with E-state index in [1.165, 1.54) is 19.6 Å². The molecule has 2 unspecified atom stereocenters. The quantitative estimate of drug-likeness (QED) is 0.0352. The van der Waals surface area contributed by atoms with Gasteiger partial charge in [0, 0.05) is 70.1 Å². The van der Waals surface area contributed by atoms with Gasteiger partial charge in [-0.3, -0.25) is 0 Å². The van der Waals surface area contributed by atoms with Crippen LogP contribution in [0, 0.1) is 23.7 Å². The van der Waals surface area contributed by atoms with Gasteiger partial charge in [0.2, 0.25) is 0 Å². The lowest BCUT2D eigenvalue weighted by molar-refractivity contribution is -0.111. The summed E-state index contributed by atoms with van der Waals surface area (Å²) < 4.78 is 62.9. The first kappa shape index (κ1) is 82.7. The van der Waals surface area contributed by atoms with E-state index in [1.54, 1.807) is 28.0 Å². The van der Waals surface area contributed by atoms with Crippen molar-refractivity contribution in [1.82, 2.24) is 34.7 Å². The molecule has 8 aliphatic heterocycles. The van der Waals surface area contributed by atoms with Crippen LogP contribution >= 0.6 is 0 Å². The summed E-state index contributed by atoms with van der Waals surface area (Å²) in [5.74, 6) is -1.13. The third-order valence-electron chi connectivity index (χ3n) is 18.1. The molecule has 108 heavy (non-hydrogen) atoms. The second kappa shape index (κ2) is 44.9. The van der Waals surface area contributed by atoms with Gasteiger partial charge in [-0.25, -0.2) is 37.5 Å². The Morgan fingerprint density at radius 1 is 0.361 bits per heavy atom. The van der Waals surface area contributed by atoms with E-state index in [0.29, 0.717) is 78.4 Å². The van der Waals surface area contributed by atoms with Gasteiger partial charge in [0.1, 0.15) is 70.5 Å². The van der Waals surface area contributed by atoms with Crippen molar-refractivity contribution in [2.45, 2.75) is 76.4 Å². The average Bonchev–Trinajstić information content (AvgIpc) is 1.63. The number of hydrogen-bond donors (Lipinski definition) is 3. The Morgan fingerprint density at radius 3 is 0.852 bits per heavy atom. The van der Waals surface area contributed by atoms with Crippen LogP contribution in [-0.2, 0) is 77.6 Å². The van der Waals surface area contributed by atoms with E-state index in [-0.39, 0.29) is 100 Å². The van der Waals surface area contributed by atoms with Crippen LogP contribution in [0.4, 0.5) is 37.5 Å². The van der Waals surface area contributed by atoms with E-state index in [1.807, 2.05) is 194 Å². The minimum absolute atomic E-state index is 0.0609. The minimum atomic E-state index is -1.29. The Bertz CT molecular complexity index is 3470. The number of halogens is 2. The maximum Gasteiger partial charge on any atom is 0.410 e. The fraction of sp³-hybridized carbons (Fsp3) is 0.361.